The fourth-order valence-corrected chi connectivity index (χ4v) is 2.45. The lowest BCUT2D eigenvalue weighted by Gasteiger charge is -2.10. The molecular formula is C16H19N5. The fraction of sp³-hybridized carbons (Fsp3) is 0.250. The van der Waals surface area contributed by atoms with Gasteiger partial charge >= 0.3 is 0 Å². The summed E-state index contributed by atoms with van der Waals surface area (Å²) in [6, 6.07) is 12.3. The standard InChI is InChI=1S/C16H19N5/c1-13-10-15(20(2)19-13)12-17-11-14-6-3-4-7-16(14)21-9-5-8-18-21/h3-10,17H,11-12H2,1-2H3. The molecule has 3 rings (SSSR count). The van der Waals surface area contributed by atoms with Crippen molar-refractivity contribution in [3.63, 3.8) is 0 Å². The van der Waals surface area contributed by atoms with Crippen molar-refractivity contribution in [2.75, 3.05) is 0 Å². The molecule has 5 heteroatoms. The van der Waals surface area contributed by atoms with Crippen LogP contribution in [0.2, 0.25) is 0 Å². The number of nitrogens with zero attached hydrogens (tertiary/aromatic N) is 4. The predicted molar refractivity (Wildman–Crippen MR) is 82.1 cm³/mol. The van der Waals surface area contributed by atoms with Crippen molar-refractivity contribution in [3.05, 3.63) is 65.7 Å². The molecule has 0 aliphatic rings. The number of para-hydroxylation sites is 1. The highest BCUT2D eigenvalue weighted by Gasteiger charge is 2.05. The van der Waals surface area contributed by atoms with Gasteiger partial charge in [-0.1, -0.05) is 18.2 Å². The summed E-state index contributed by atoms with van der Waals surface area (Å²) in [6.45, 7) is 3.60. The van der Waals surface area contributed by atoms with Gasteiger partial charge in [-0.2, -0.15) is 10.2 Å². The number of benzene rings is 1. The van der Waals surface area contributed by atoms with E-state index in [1.807, 2.05) is 41.7 Å². The second kappa shape index (κ2) is 5.93. The van der Waals surface area contributed by atoms with Crippen LogP contribution in [0.4, 0.5) is 0 Å². The first-order chi connectivity index (χ1) is 10.2. The predicted octanol–water partition coefficient (Wildman–Crippen LogP) is 2.20. The summed E-state index contributed by atoms with van der Waals surface area (Å²) in [7, 11) is 1.97. The van der Waals surface area contributed by atoms with Crippen LogP contribution in [0.15, 0.2) is 48.8 Å². The largest absolute Gasteiger partial charge is 0.307 e. The molecule has 5 nitrogen and oxygen atoms in total. The van der Waals surface area contributed by atoms with Crippen LogP contribution in [0.5, 0.6) is 0 Å². The van der Waals surface area contributed by atoms with E-state index in [9.17, 15) is 0 Å². The van der Waals surface area contributed by atoms with Crippen molar-refractivity contribution in [3.8, 4) is 5.69 Å². The Morgan fingerprint density at radius 3 is 2.71 bits per heavy atom. The highest BCUT2D eigenvalue weighted by Crippen LogP contribution is 2.13. The van der Waals surface area contributed by atoms with Gasteiger partial charge in [-0.25, -0.2) is 4.68 Å². The molecule has 0 bridgehead atoms. The molecule has 0 unspecified atom stereocenters. The summed E-state index contributed by atoms with van der Waals surface area (Å²) in [5.41, 5.74) is 4.56. The first kappa shape index (κ1) is 13.6. The normalized spacial score (nSPS) is 11.0. The summed E-state index contributed by atoms with van der Waals surface area (Å²) in [4.78, 5) is 0. The van der Waals surface area contributed by atoms with E-state index in [2.05, 4.69) is 39.8 Å². The monoisotopic (exact) mass is 281 g/mol. The van der Waals surface area contributed by atoms with E-state index in [1.54, 1.807) is 6.20 Å². The van der Waals surface area contributed by atoms with E-state index >= 15 is 0 Å². The summed E-state index contributed by atoms with van der Waals surface area (Å²) < 4.78 is 3.81. The van der Waals surface area contributed by atoms with Gasteiger partial charge in [0, 0.05) is 32.5 Å². The molecule has 0 atom stereocenters. The topological polar surface area (TPSA) is 47.7 Å². The Morgan fingerprint density at radius 1 is 1.14 bits per heavy atom. The van der Waals surface area contributed by atoms with Crippen molar-refractivity contribution in [2.24, 2.45) is 7.05 Å². The highest BCUT2D eigenvalue weighted by molar-refractivity contribution is 5.40. The Hall–Kier alpha value is -2.40. The Balaban J connectivity index is 1.70. The molecule has 2 aromatic heterocycles. The smallest absolute Gasteiger partial charge is 0.0690 e. The molecule has 2 heterocycles. The van der Waals surface area contributed by atoms with Crippen LogP contribution in [0.1, 0.15) is 17.0 Å². The van der Waals surface area contributed by atoms with Crippen LogP contribution in [0.3, 0.4) is 0 Å². The van der Waals surface area contributed by atoms with Crippen molar-refractivity contribution >= 4 is 0 Å². The molecule has 0 saturated carbocycles. The maximum absolute atomic E-state index is 4.36. The average Bonchev–Trinajstić information content (AvgIpc) is 3.10. The minimum Gasteiger partial charge on any atom is -0.307 e. The van der Waals surface area contributed by atoms with Crippen LogP contribution in [-0.4, -0.2) is 19.6 Å². The summed E-state index contributed by atoms with van der Waals surface area (Å²) in [5, 5.41) is 12.1. The molecular weight excluding hydrogens is 262 g/mol. The first-order valence-corrected chi connectivity index (χ1v) is 7.02. The lowest BCUT2D eigenvalue weighted by Crippen LogP contribution is -2.16. The van der Waals surface area contributed by atoms with Gasteiger partial charge in [0.25, 0.3) is 0 Å². The van der Waals surface area contributed by atoms with Gasteiger partial charge in [0.15, 0.2) is 0 Å². The van der Waals surface area contributed by atoms with Crippen LogP contribution < -0.4 is 5.32 Å². The number of aromatic nitrogens is 4. The minimum absolute atomic E-state index is 0.792. The van der Waals surface area contributed by atoms with Gasteiger partial charge in [-0.3, -0.25) is 4.68 Å². The van der Waals surface area contributed by atoms with E-state index in [1.165, 1.54) is 11.3 Å². The molecule has 0 saturated heterocycles. The molecule has 0 fully saturated rings. The van der Waals surface area contributed by atoms with Gasteiger partial charge in [0.05, 0.1) is 17.1 Å². The van der Waals surface area contributed by atoms with Gasteiger partial charge in [-0.15, -0.1) is 0 Å². The number of hydrogen-bond donors (Lipinski definition) is 1. The zero-order chi connectivity index (χ0) is 14.7. The fourth-order valence-electron chi connectivity index (χ4n) is 2.45. The number of hydrogen-bond acceptors (Lipinski definition) is 3. The maximum Gasteiger partial charge on any atom is 0.0690 e. The van der Waals surface area contributed by atoms with E-state index in [4.69, 9.17) is 0 Å². The Bertz CT molecular complexity index is 712. The molecule has 0 spiro atoms. The van der Waals surface area contributed by atoms with Crippen molar-refractivity contribution in [2.45, 2.75) is 20.0 Å². The molecule has 0 amide bonds. The minimum atomic E-state index is 0.792. The molecule has 21 heavy (non-hydrogen) atoms. The third-order valence-corrected chi connectivity index (χ3v) is 3.46. The number of nitrogens with one attached hydrogen (secondary N) is 1. The van der Waals surface area contributed by atoms with Gasteiger partial charge in [0.2, 0.25) is 0 Å². The van der Waals surface area contributed by atoms with Gasteiger partial charge in [-0.05, 0) is 30.7 Å². The Labute approximate surface area is 124 Å². The third kappa shape index (κ3) is 3.03. The van der Waals surface area contributed by atoms with Crippen LogP contribution in [0.25, 0.3) is 5.69 Å². The second-order valence-electron chi connectivity index (χ2n) is 5.08. The van der Waals surface area contributed by atoms with Gasteiger partial charge < -0.3 is 5.32 Å². The van der Waals surface area contributed by atoms with Crippen molar-refractivity contribution < 1.29 is 0 Å². The summed E-state index contributed by atoms with van der Waals surface area (Å²) >= 11 is 0. The lowest BCUT2D eigenvalue weighted by molar-refractivity contribution is 0.622. The van der Waals surface area contributed by atoms with Crippen LogP contribution in [0, 0.1) is 6.92 Å². The molecule has 3 aromatic rings. The number of rotatable bonds is 5. The van der Waals surface area contributed by atoms with E-state index in [0.29, 0.717) is 0 Å². The molecule has 1 aromatic carbocycles. The quantitative estimate of drug-likeness (QED) is 0.780. The first-order valence-electron chi connectivity index (χ1n) is 7.02. The van der Waals surface area contributed by atoms with Crippen LogP contribution in [-0.2, 0) is 20.1 Å². The third-order valence-electron chi connectivity index (χ3n) is 3.46. The SMILES string of the molecule is Cc1cc(CNCc2ccccc2-n2cccn2)n(C)n1. The molecule has 0 radical (unpaired) electrons. The van der Waals surface area contributed by atoms with E-state index < -0.39 is 0 Å². The average molecular weight is 281 g/mol. The molecule has 0 aliphatic heterocycles. The Kier molecular flexibility index (Phi) is 3.83. The second-order valence-corrected chi connectivity index (χ2v) is 5.08. The highest BCUT2D eigenvalue weighted by atomic mass is 15.3. The van der Waals surface area contributed by atoms with E-state index in [0.717, 1.165) is 24.5 Å². The van der Waals surface area contributed by atoms with Gasteiger partial charge in [0.1, 0.15) is 0 Å². The maximum atomic E-state index is 4.36. The van der Waals surface area contributed by atoms with E-state index in [-0.39, 0.29) is 0 Å². The molecule has 1 N–H and O–H groups in total. The number of aryl methyl sites for hydroxylation is 2. The zero-order valence-corrected chi connectivity index (χ0v) is 12.3. The lowest BCUT2D eigenvalue weighted by atomic mass is 10.1. The zero-order valence-electron chi connectivity index (χ0n) is 12.3. The van der Waals surface area contributed by atoms with Crippen LogP contribution >= 0.6 is 0 Å². The van der Waals surface area contributed by atoms with Crippen molar-refractivity contribution in [1.29, 1.82) is 0 Å². The van der Waals surface area contributed by atoms with Crippen molar-refractivity contribution in [1.82, 2.24) is 24.9 Å². The molecule has 0 aliphatic carbocycles. The Morgan fingerprint density at radius 2 is 2.00 bits per heavy atom. The summed E-state index contributed by atoms with van der Waals surface area (Å²) in [5.74, 6) is 0. The molecule has 108 valence electrons. The summed E-state index contributed by atoms with van der Waals surface area (Å²) in [6.07, 6.45) is 3.76.